The van der Waals surface area contributed by atoms with Crippen LogP contribution in [0, 0.1) is 22.7 Å². The number of hydrogen-bond acceptors (Lipinski definition) is 2. The van der Waals surface area contributed by atoms with Gasteiger partial charge in [-0.15, -0.1) is 0 Å². The molecule has 0 aromatic rings. The van der Waals surface area contributed by atoms with Gasteiger partial charge in [0.1, 0.15) is 0 Å². The molecule has 3 atom stereocenters. The fourth-order valence-electron chi connectivity index (χ4n) is 6.69. The summed E-state index contributed by atoms with van der Waals surface area (Å²) < 4.78 is 0. The quantitative estimate of drug-likeness (QED) is 0.586. The van der Waals surface area contributed by atoms with Gasteiger partial charge in [0.05, 0.1) is 0 Å². The highest BCUT2D eigenvalue weighted by Gasteiger charge is 2.44. The van der Waals surface area contributed by atoms with Crippen LogP contribution in [0.25, 0.3) is 0 Å². The maximum atomic E-state index is 13.5. The maximum absolute atomic E-state index is 13.5. The van der Waals surface area contributed by atoms with Gasteiger partial charge in [-0.05, 0) is 61.8 Å². The molecule has 3 nitrogen and oxygen atoms in total. The van der Waals surface area contributed by atoms with E-state index in [1.165, 1.54) is 89.9 Å². The van der Waals surface area contributed by atoms with Gasteiger partial charge in [-0.1, -0.05) is 78.6 Å². The summed E-state index contributed by atoms with van der Waals surface area (Å²) in [5.74, 6) is 1.40. The van der Waals surface area contributed by atoms with Crippen LogP contribution >= 0.6 is 0 Å². The van der Waals surface area contributed by atoms with Crippen molar-refractivity contribution in [1.82, 2.24) is 10.6 Å². The number of carbonyl (C=O) groups excluding carboxylic acids is 1. The first-order chi connectivity index (χ1) is 13.9. The molecule has 1 amide bonds. The first kappa shape index (κ1) is 23.1. The lowest BCUT2D eigenvalue weighted by molar-refractivity contribution is -0.132. The third kappa shape index (κ3) is 6.97. The van der Waals surface area contributed by atoms with Gasteiger partial charge in [0.2, 0.25) is 5.91 Å². The van der Waals surface area contributed by atoms with Crippen molar-refractivity contribution < 1.29 is 4.79 Å². The molecule has 2 aliphatic carbocycles. The zero-order valence-corrected chi connectivity index (χ0v) is 19.7. The minimum atomic E-state index is 0.207. The predicted molar refractivity (Wildman–Crippen MR) is 123 cm³/mol. The van der Waals surface area contributed by atoms with Gasteiger partial charge in [-0.25, -0.2) is 0 Å². The van der Waals surface area contributed by atoms with Gasteiger partial charge >= 0.3 is 0 Å². The van der Waals surface area contributed by atoms with Crippen molar-refractivity contribution in [1.29, 1.82) is 0 Å². The molecule has 0 aromatic carbocycles. The molecule has 1 saturated heterocycles. The molecule has 29 heavy (non-hydrogen) atoms. The lowest BCUT2D eigenvalue weighted by Crippen LogP contribution is -2.54. The summed E-state index contributed by atoms with van der Waals surface area (Å²) in [4.78, 5) is 13.5. The lowest BCUT2D eigenvalue weighted by atomic mass is 9.64. The molecule has 3 fully saturated rings. The monoisotopic (exact) mass is 404 g/mol. The molecule has 3 unspecified atom stereocenters. The second kappa shape index (κ2) is 10.6. The van der Waals surface area contributed by atoms with E-state index in [-0.39, 0.29) is 11.3 Å². The molecule has 1 spiro atoms. The lowest BCUT2D eigenvalue weighted by Gasteiger charge is -2.45. The first-order valence-corrected chi connectivity index (χ1v) is 12.9. The van der Waals surface area contributed by atoms with Crippen LogP contribution in [-0.4, -0.2) is 25.0 Å². The third-order valence-electron chi connectivity index (χ3n) is 8.02. The Hall–Kier alpha value is -0.570. The highest BCUT2D eigenvalue weighted by molar-refractivity contribution is 5.80. The highest BCUT2D eigenvalue weighted by Crippen LogP contribution is 2.43. The Morgan fingerprint density at radius 2 is 1.59 bits per heavy atom. The number of amides is 1. The van der Waals surface area contributed by atoms with Crippen LogP contribution in [0.4, 0.5) is 0 Å². The van der Waals surface area contributed by atoms with Gasteiger partial charge in [0.25, 0.3) is 0 Å². The van der Waals surface area contributed by atoms with Gasteiger partial charge in [-0.3, -0.25) is 4.79 Å². The van der Waals surface area contributed by atoms with Crippen molar-refractivity contribution >= 4 is 5.91 Å². The Kier molecular flexibility index (Phi) is 8.48. The van der Waals surface area contributed by atoms with Crippen LogP contribution in [-0.2, 0) is 4.79 Å². The molecule has 3 aliphatic rings. The fraction of sp³-hybridized carbons (Fsp3) is 0.962. The summed E-state index contributed by atoms with van der Waals surface area (Å²) >= 11 is 0. The predicted octanol–water partition coefficient (Wildman–Crippen LogP) is 6.22. The molecule has 0 aromatic heterocycles. The number of hydrogen-bond donors (Lipinski definition) is 2. The van der Waals surface area contributed by atoms with Crippen LogP contribution in [0.5, 0.6) is 0 Å². The zero-order valence-electron chi connectivity index (χ0n) is 19.7. The Morgan fingerprint density at radius 3 is 2.24 bits per heavy atom. The average Bonchev–Trinajstić information content (AvgIpc) is 2.66. The van der Waals surface area contributed by atoms with E-state index >= 15 is 0 Å². The van der Waals surface area contributed by atoms with E-state index in [4.69, 9.17) is 0 Å². The van der Waals surface area contributed by atoms with Gasteiger partial charge < -0.3 is 10.6 Å². The molecule has 2 saturated carbocycles. The van der Waals surface area contributed by atoms with Crippen LogP contribution < -0.4 is 10.6 Å². The number of nitrogens with one attached hydrogen (secondary N) is 2. The molecule has 1 heterocycles. The van der Waals surface area contributed by atoms with E-state index in [2.05, 4.69) is 31.4 Å². The maximum Gasteiger partial charge on any atom is 0.223 e. The molecule has 2 N–H and O–H groups in total. The smallest absolute Gasteiger partial charge is 0.223 e. The number of rotatable bonds is 3. The zero-order chi connectivity index (χ0) is 20.7. The molecule has 168 valence electrons. The average molecular weight is 405 g/mol. The third-order valence-corrected chi connectivity index (χ3v) is 8.02. The molecule has 3 heteroatoms. The Labute approximate surface area is 180 Å². The van der Waals surface area contributed by atoms with Gasteiger partial charge in [-0.2, -0.15) is 0 Å². The van der Waals surface area contributed by atoms with Crippen molar-refractivity contribution in [3.05, 3.63) is 0 Å². The summed E-state index contributed by atoms with van der Waals surface area (Å²) in [6.07, 6.45) is 19.3. The standard InChI is InChI=1S/C26H48N2O/c1-25(2,3)19-21-12-11-13-22(18-21)28-24(29)23-14-17-27-20-26(23)15-9-7-5-4-6-8-10-16-26/h21-23,27H,4-20H2,1-3H3,(H,28,29). The van der Waals surface area contributed by atoms with Crippen LogP contribution in [0.15, 0.2) is 0 Å². The largest absolute Gasteiger partial charge is 0.353 e. The second-order valence-corrected chi connectivity index (χ2v) is 11.9. The second-order valence-electron chi connectivity index (χ2n) is 11.9. The van der Waals surface area contributed by atoms with Crippen LogP contribution in [0.2, 0.25) is 0 Å². The molecule has 1 aliphatic heterocycles. The van der Waals surface area contributed by atoms with Gasteiger partial charge in [0.15, 0.2) is 0 Å². The van der Waals surface area contributed by atoms with Crippen LogP contribution in [0.1, 0.15) is 117 Å². The van der Waals surface area contributed by atoms with Crippen molar-refractivity contribution in [2.24, 2.45) is 22.7 Å². The Balaban J connectivity index is 1.62. The summed E-state index contributed by atoms with van der Waals surface area (Å²) in [7, 11) is 0. The molecular formula is C26H48N2O. The van der Waals surface area contributed by atoms with E-state index < -0.39 is 0 Å². The number of carbonyl (C=O) groups is 1. The van der Waals surface area contributed by atoms with Crippen molar-refractivity contribution in [3.8, 4) is 0 Å². The molecule has 0 bridgehead atoms. The van der Waals surface area contributed by atoms with E-state index in [9.17, 15) is 4.79 Å². The molecule has 0 radical (unpaired) electrons. The van der Waals surface area contributed by atoms with Crippen molar-refractivity contribution in [2.45, 2.75) is 123 Å². The fourth-order valence-corrected chi connectivity index (χ4v) is 6.69. The minimum absolute atomic E-state index is 0.207. The molecule has 3 rings (SSSR count). The highest BCUT2D eigenvalue weighted by atomic mass is 16.2. The normalized spacial score (nSPS) is 31.9. The van der Waals surface area contributed by atoms with Gasteiger partial charge in [0, 0.05) is 18.5 Å². The molecular weight excluding hydrogens is 356 g/mol. The van der Waals surface area contributed by atoms with Crippen LogP contribution in [0.3, 0.4) is 0 Å². The summed E-state index contributed by atoms with van der Waals surface area (Å²) in [6.45, 7) is 9.13. The summed E-state index contributed by atoms with van der Waals surface area (Å²) in [5, 5.41) is 7.24. The summed E-state index contributed by atoms with van der Waals surface area (Å²) in [6, 6.07) is 0.412. The van der Waals surface area contributed by atoms with E-state index in [1.54, 1.807) is 0 Å². The topological polar surface area (TPSA) is 41.1 Å². The van der Waals surface area contributed by atoms with Crippen molar-refractivity contribution in [2.75, 3.05) is 13.1 Å². The van der Waals surface area contributed by atoms with Crippen molar-refractivity contribution in [3.63, 3.8) is 0 Å². The number of piperidine rings is 1. The Morgan fingerprint density at radius 1 is 0.931 bits per heavy atom. The SMILES string of the molecule is CC(C)(C)CC1CCCC(NC(=O)C2CCNCC23CCCCCCCCC3)C1. The van der Waals surface area contributed by atoms with E-state index in [0.29, 0.717) is 17.4 Å². The summed E-state index contributed by atoms with van der Waals surface area (Å²) in [5.41, 5.74) is 0.602. The van der Waals surface area contributed by atoms with E-state index in [0.717, 1.165) is 25.4 Å². The first-order valence-electron chi connectivity index (χ1n) is 12.9. The Bertz CT molecular complexity index is 499. The minimum Gasteiger partial charge on any atom is -0.353 e. The van der Waals surface area contributed by atoms with E-state index in [1.807, 2.05) is 0 Å².